The standard InChI is InChI=1S/C21H16ClF3N4O2.C15H12ClN3O2/c22-16-11-14(28-20-19-17(26-12-27-20)6-7-29(19)8-9-30)4-5-18(16)31-15-3-1-2-13(10-15)21(23,24)25;16-14-13-12(17-10-18-14)6-7-19(13)8-9-21-15(20)11-4-2-1-3-5-11/h1-7,10-12,30H,8-9H2,(H,26,27,28);1-7,10H,8-9H2. The van der Waals surface area contributed by atoms with Crippen molar-refractivity contribution in [2.75, 3.05) is 18.5 Å². The molecule has 4 aromatic heterocycles. The molecule has 0 unspecified atom stereocenters. The van der Waals surface area contributed by atoms with E-state index in [0.29, 0.717) is 40.8 Å². The van der Waals surface area contributed by atoms with E-state index in [4.69, 9.17) is 32.7 Å². The van der Waals surface area contributed by atoms with Crippen LogP contribution in [0.5, 0.6) is 11.5 Å². The molecule has 0 amide bonds. The molecule has 0 bridgehead atoms. The number of nitrogens with zero attached hydrogens (tertiary/aromatic N) is 6. The van der Waals surface area contributed by atoms with Gasteiger partial charge in [0.15, 0.2) is 11.0 Å². The Morgan fingerprint density at radius 2 is 1.52 bits per heavy atom. The zero-order valence-corrected chi connectivity index (χ0v) is 28.5. The van der Waals surface area contributed by atoms with Crippen LogP contribution in [0.15, 0.2) is 110 Å². The van der Waals surface area contributed by atoms with Gasteiger partial charge in [-0.25, -0.2) is 24.7 Å². The monoisotopic (exact) mass is 749 g/mol. The minimum absolute atomic E-state index is 0.0248. The topological polar surface area (TPSA) is 129 Å². The third-order valence-corrected chi connectivity index (χ3v) is 8.13. The number of halogens is 5. The van der Waals surface area contributed by atoms with Gasteiger partial charge in [-0.05, 0) is 60.7 Å². The Balaban J connectivity index is 0.000000192. The van der Waals surface area contributed by atoms with Gasteiger partial charge in [0, 0.05) is 24.6 Å². The van der Waals surface area contributed by atoms with E-state index in [2.05, 4.69) is 25.3 Å². The molecular weight excluding hydrogens is 722 g/mol. The van der Waals surface area contributed by atoms with Gasteiger partial charge < -0.3 is 29.0 Å². The summed E-state index contributed by atoms with van der Waals surface area (Å²) in [6, 6.07) is 21.9. The maximum atomic E-state index is 12.9. The number of aromatic nitrogens is 6. The molecule has 11 nitrogen and oxygen atoms in total. The number of aliphatic hydroxyl groups excluding tert-OH is 1. The fourth-order valence-electron chi connectivity index (χ4n) is 5.15. The zero-order chi connectivity index (χ0) is 36.7. The highest BCUT2D eigenvalue weighted by molar-refractivity contribution is 6.33. The Hall–Kier alpha value is -5.70. The quantitative estimate of drug-likeness (QED) is 0.104. The maximum Gasteiger partial charge on any atom is 0.416 e. The third-order valence-electron chi connectivity index (χ3n) is 7.56. The highest BCUT2D eigenvalue weighted by Gasteiger charge is 2.30. The van der Waals surface area contributed by atoms with Gasteiger partial charge in [-0.3, -0.25) is 0 Å². The van der Waals surface area contributed by atoms with Crippen molar-refractivity contribution in [3.8, 4) is 11.5 Å². The first-order valence-electron chi connectivity index (χ1n) is 15.6. The summed E-state index contributed by atoms with van der Waals surface area (Å²) in [6.45, 7) is 1.10. The third kappa shape index (κ3) is 8.60. The molecule has 0 aliphatic rings. The second kappa shape index (κ2) is 16.1. The summed E-state index contributed by atoms with van der Waals surface area (Å²) in [5.41, 5.74) is 3.27. The second-order valence-corrected chi connectivity index (χ2v) is 11.8. The van der Waals surface area contributed by atoms with Crippen LogP contribution < -0.4 is 10.1 Å². The first-order valence-corrected chi connectivity index (χ1v) is 16.4. The predicted molar refractivity (Wildman–Crippen MR) is 190 cm³/mol. The van der Waals surface area contributed by atoms with Crippen molar-refractivity contribution >= 4 is 62.7 Å². The Labute approximate surface area is 304 Å². The molecule has 0 aliphatic carbocycles. The van der Waals surface area contributed by atoms with Gasteiger partial charge in [-0.1, -0.05) is 47.5 Å². The molecule has 3 aromatic carbocycles. The van der Waals surface area contributed by atoms with E-state index in [1.165, 1.54) is 24.8 Å². The molecule has 52 heavy (non-hydrogen) atoms. The number of carbonyl (C=O) groups is 1. The Morgan fingerprint density at radius 1 is 0.808 bits per heavy atom. The first-order chi connectivity index (χ1) is 25.1. The van der Waals surface area contributed by atoms with E-state index in [1.54, 1.807) is 48.7 Å². The molecule has 0 atom stereocenters. The number of alkyl halides is 3. The normalized spacial score (nSPS) is 11.3. The molecule has 16 heteroatoms. The van der Waals surface area contributed by atoms with Crippen molar-refractivity contribution < 1.29 is 32.5 Å². The molecular formula is C36H28Cl2F3N7O4. The van der Waals surface area contributed by atoms with Crippen LogP contribution in [0.4, 0.5) is 24.7 Å². The number of hydrogen-bond donors (Lipinski definition) is 2. The van der Waals surface area contributed by atoms with E-state index < -0.39 is 11.7 Å². The van der Waals surface area contributed by atoms with E-state index in [-0.39, 0.29) is 35.7 Å². The van der Waals surface area contributed by atoms with Crippen molar-refractivity contribution in [2.45, 2.75) is 19.3 Å². The van der Waals surface area contributed by atoms with E-state index >= 15 is 0 Å². The highest BCUT2D eigenvalue weighted by Crippen LogP contribution is 2.36. The Kier molecular flexibility index (Phi) is 11.2. The van der Waals surface area contributed by atoms with Gasteiger partial charge in [-0.15, -0.1) is 0 Å². The Bertz CT molecular complexity index is 2320. The number of fused-ring (bicyclic) bond motifs is 2. The molecule has 0 aliphatic heterocycles. The molecule has 0 fully saturated rings. The summed E-state index contributed by atoms with van der Waals surface area (Å²) in [7, 11) is 0. The summed E-state index contributed by atoms with van der Waals surface area (Å²) < 4.78 is 53.2. The average molecular weight is 751 g/mol. The number of rotatable bonds is 10. The van der Waals surface area contributed by atoms with Crippen LogP contribution in [0.1, 0.15) is 15.9 Å². The van der Waals surface area contributed by atoms with E-state index in [0.717, 1.165) is 28.7 Å². The molecule has 0 spiro atoms. The molecule has 7 rings (SSSR count). The minimum atomic E-state index is -4.46. The SMILES string of the molecule is O=C(OCCn1ccc2ncnc(Cl)c21)c1ccccc1.OCCn1ccc2ncnc(Nc3ccc(Oc4cccc(C(F)(F)F)c4)c(Cl)c3)c21. The van der Waals surface area contributed by atoms with Crippen LogP contribution in [0.25, 0.3) is 22.1 Å². The van der Waals surface area contributed by atoms with Crippen molar-refractivity contribution in [3.63, 3.8) is 0 Å². The minimum Gasteiger partial charge on any atom is -0.460 e. The number of hydrogen-bond acceptors (Lipinski definition) is 9. The van der Waals surface area contributed by atoms with Crippen molar-refractivity contribution in [2.24, 2.45) is 0 Å². The fourth-order valence-corrected chi connectivity index (χ4v) is 5.62. The predicted octanol–water partition coefficient (Wildman–Crippen LogP) is 8.57. The van der Waals surface area contributed by atoms with Crippen LogP contribution in [0, 0.1) is 0 Å². The number of ether oxygens (including phenoxy) is 2. The number of nitrogens with one attached hydrogen (secondary N) is 1. The number of esters is 1. The largest absolute Gasteiger partial charge is 0.460 e. The van der Waals surface area contributed by atoms with Crippen LogP contribution in [0.3, 0.4) is 0 Å². The number of aliphatic hydroxyl groups is 1. The molecule has 4 heterocycles. The summed E-state index contributed by atoms with van der Waals surface area (Å²) in [5.74, 6) is 0.417. The molecule has 7 aromatic rings. The summed E-state index contributed by atoms with van der Waals surface area (Å²) >= 11 is 12.4. The van der Waals surface area contributed by atoms with Crippen molar-refractivity contribution in [1.29, 1.82) is 0 Å². The average Bonchev–Trinajstić information content (AvgIpc) is 3.75. The van der Waals surface area contributed by atoms with Gasteiger partial charge >= 0.3 is 12.1 Å². The molecule has 266 valence electrons. The fraction of sp³-hybridized carbons (Fsp3) is 0.139. The lowest BCUT2D eigenvalue weighted by molar-refractivity contribution is -0.137. The number of anilines is 2. The maximum absolute atomic E-state index is 12.9. The van der Waals surface area contributed by atoms with Gasteiger partial charge in [0.05, 0.1) is 40.3 Å². The molecule has 0 radical (unpaired) electrons. The molecule has 0 saturated carbocycles. The van der Waals surface area contributed by atoms with Crippen molar-refractivity contribution in [1.82, 2.24) is 29.1 Å². The first kappa shape index (κ1) is 36.1. The van der Waals surface area contributed by atoms with Crippen LogP contribution in [0.2, 0.25) is 10.2 Å². The van der Waals surface area contributed by atoms with Crippen LogP contribution >= 0.6 is 23.2 Å². The van der Waals surface area contributed by atoms with Gasteiger partial charge in [-0.2, -0.15) is 13.2 Å². The van der Waals surface area contributed by atoms with Gasteiger partial charge in [0.1, 0.15) is 41.8 Å². The van der Waals surface area contributed by atoms with Crippen LogP contribution in [-0.2, 0) is 24.0 Å². The molecule has 2 N–H and O–H groups in total. The number of benzene rings is 3. The summed E-state index contributed by atoms with van der Waals surface area (Å²) in [4.78, 5) is 28.4. The van der Waals surface area contributed by atoms with E-state index in [9.17, 15) is 23.1 Å². The van der Waals surface area contributed by atoms with Crippen LogP contribution in [-0.4, -0.2) is 53.4 Å². The van der Waals surface area contributed by atoms with E-state index in [1.807, 2.05) is 33.5 Å². The lowest BCUT2D eigenvalue weighted by atomic mass is 10.2. The number of carbonyl (C=O) groups excluding carboxylic acids is 1. The lowest BCUT2D eigenvalue weighted by Gasteiger charge is -2.13. The zero-order valence-electron chi connectivity index (χ0n) is 27.0. The van der Waals surface area contributed by atoms with Crippen molar-refractivity contribution in [3.05, 3.63) is 131 Å². The summed E-state index contributed by atoms with van der Waals surface area (Å²) in [6.07, 6.45) is 2.03. The van der Waals surface area contributed by atoms with Gasteiger partial charge in [0.2, 0.25) is 0 Å². The summed E-state index contributed by atoms with van der Waals surface area (Å²) in [5, 5.41) is 13.0. The van der Waals surface area contributed by atoms with Gasteiger partial charge in [0.25, 0.3) is 0 Å². The second-order valence-electron chi connectivity index (χ2n) is 11.0. The lowest BCUT2D eigenvalue weighted by Crippen LogP contribution is -2.11. The molecule has 0 saturated heterocycles. The highest BCUT2D eigenvalue weighted by atomic mass is 35.5. The smallest absolute Gasteiger partial charge is 0.416 e. The Morgan fingerprint density at radius 3 is 2.23 bits per heavy atom.